The summed E-state index contributed by atoms with van der Waals surface area (Å²) in [5, 5.41) is 2.48. The lowest BCUT2D eigenvalue weighted by Crippen LogP contribution is -2.20. The number of hydrogen-bond donors (Lipinski definition) is 1. The van der Waals surface area contributed by atoms with Crippen LogP contribution in [0.15, 0.2) is 48.5 Å². The SMILES string of the molecule is COC(=O)c1cccc(NC(=O)COc2cccc(C(F)(F)F)c2)c1. The Hall–Kier alpha value is -3.03. The predicted octanol–water partition coefficient (Wildman–Crippen LogP) is 3.51. The standard InChI is InChI=1S/C17H14F3NO4/c1-24-16(23)11-4-2-6-13(8-11)21-15(22)10-25-14-7-3-5-12(9-14)17(18,19)20/h2-9H,10H2,1H3,(H,21,22). The third-order valence-corrected chi connectivity index (χ3v) is 3.10. The van der Waals surface area contributed by atoms with Crippen LogP contribution in [0.3, 0.4) is 0 Å². The number of esters is 1. The van der Waals surface area contributed by atoms with E-state index in [2.05, 4.69) is 10.1 Å². The summed E-state index contributed by atoms with van der Waals surface area (Å²) in [6, 6.07) is 10.3. The molecule has 0 radical (unpaired) electrons. The van der Waals surface area contributed by atoms with Crippen molar-refractivity contribution in [1.82, 2.24) is 0 Å². The molecule has 0 aliphatic heterocycles. The van der Waals surface area contributed by atoms with Gasteiger partial charge in [-0.25, -0.2) is 4.79 Å². The molecule has 25 heavy (non-hydrogen) atoms. The second-order valence-corrected chi connectivity index (χ2v) is 4.93. The zero-order chi connectivity index (χ0) is 18.4. The van der Waals surface area contributed by atoms with Crippen molar-refractivity contribution < 1.29 is 32.2 Å². The molecule has 0 aromatic heterocycles. The maximum atomic E-state index is 12.6. The van der Waals surface area contributed by atoms with E-state index in [0.29, 0.717) is 5.69 Å². The average Bonchev–Trinajstić information content (AvgIpc) is 2.59. The van der Waals surface area contributed by atoms with Gasteiger partial charge in [0.25, 0.3) is 5.91 Å². The topological polar surface area (TPSA) is 64.6 Å². The van der Waals surface area contributed by atoms with Crippen molar-refractivity contribution >= 4 is 17.6 Å². The van der Waals surface area contributed by atoms with Crippen LogP contribution in [0.2, 0.25) is 0 Å². The minimum absolute atomic E-state index is 0.0757. The number of nitrogens with one attached hydrogen (secondary N) is 1. The van der Waals surface area contributed by atoms with E-state index in [1.807, 2.05) is 0 Å². The van der Waals surface area contributed by atoms with E-state index in [4.69, 9.17) is 4.74 Å². The smallest absolute Gasteiger partial charge is 0.416 e. The minimum atomic E-state index is -4.49. The van der Waals surface area contributed by atoms with Gasteiger partial charge in [0.2, 0.25) is 0 Å². The Kier molecular flexibility index (Phi) is 5.63. The van der Waals surface area contributed by atoms with E-state index in [-0.39, 0.29) is 11.3 Å². The number of alkyl halides is 3. The lowest BCUT2D eigenvalue weighted by molar-refractivity contribution is -0.137. The molecule has 0 saturated heterocycles. The summed E-state index contributed by atoms with van der Waals surface area (Å²) in [4.78, 5) is 23.3. The molecule has 0 bridgehead atoms. The van der Waals surface area contributed by atoms with Gasteiger partial charge in [0.15, 0.2) is 6.61 Å². The number of methoxy groups -OCH3 is 1. The van der Waals surface area contributed by atoms with Gasteiger partial charge in [-0.2, -0.15) is 13.2 Å². The first kappa shape index (κ1) is 18.3. The largest absolute Gasteiger partial charge is 0.484 e. The van der Waals surface area contributed by atoms with Crippen LogP contribution < -0.4 is 10.1 Å². The summed E-state index contributed by atoms with van der Waals surface area (Å²) in [6.07, 6.45) is -4.49. The van der Waals surface area contributed by atoms with E-state index < -0.39 is 30.2 Å². The van der Waals surface area contributed by atoms with E-state index in [1.165, 1.54) is 31.4 Å². The van der Waals surface area contributed by atoms with E-state index in [9.17, 15) is 22.8 Å². The van der Waals surface area contributed by atoms with Crippen molar-refractivity contribution in [1.29, 1.82) is 0 Å². The van der Waals surface area contributed by atoms with Crippen LogP contribution in [0, 0.1) is 0 Å². The van der Waals surface area contributed by atoms with Gasteiger partial charge in [-0.3, -0.25) is 4.79 Å². The molecule has 0 fully saturated rings. The van der Waals surface area contributed by atoms with Crippen LogP contribution in [-0.4, -0.2) is 25.6 Å². The lowest BCUT2D eigenvalue weighted by atomic mass is 10.2. The van der Waals surface area contributed by atoms with Crippen LogP contribution in [0.25, 0.3) is 0 Å². The number of benzene rings is 2. The number of anilines is 1. The molecule has 2 rings (SSSR count). The maximum Gasteiger partial charge on any atom is 0.416 e. The first-order valence-electron chi connectivity index (χ1n) is 7.08. The van der Waals surface area contributed by atoms with Crippen molar-refractivity contribution in [2.75, 3.05) is 19.0 Å². The van der Waals surface area contributed by atoms with Gasteiger partial charge >= 0.3 is 12.1 Å². The van der Waals surface area contributed by atoms with E-state index >= 15 is 0 Å². The molecule has 0 unspecified atom stereocenters. The summed E-state index contributed by atoms with van der Waals surface area (Å²) in [5.74, 6) is -1.22. The van der Waals surface area contributed by atoms with Gasteiger partial charge in [0, 0.05) is 5.69 Å². The normalized spacial score (nSPS) is 10.9. The molecule has 0 heterocycles. The Bertz CT molecular complexity index is 774. The zero-order valence-electron chi connectivity index (χ0n) is 13.1. The molecule has 0 spiro atoms. The Morgan fingerprint density at radius 2 is 1.80 bits per heavy atom. The highest BCUT2D eigenvalue weighted by Crippen LogP contribution is 2.31. The lowest BCUT2D eigenvalue weighted by Gasteiger charge is -2.11. The highest BCUT2D eigenvalue weighted by Gasteiger charge is 2.30. The average molecular weight is 353 g/mol. The monoisotopic (exact) mass is 353 g/mol. The van der Waals surface area contributed by atoms with Crippen molar-refractivity contribution in [2.24, 2.45) is 0 Å². The molecule has 5 nitrogen and oxygen atoms in total. The highest BCUT2D eigenvalue weighted by atomic mass is 19.4. The first-order chi connectivity index (χ1) is 11.8. The number of amides is 1. The van der Waals surface area contributed by atoms with Crippen LogP contribution in [0.4, 0.5) is 18.9 Å². The number of carbonyl (C=O) groups excluding carboxylic acids is 2. The summed E-state index contributed by atoms with van der Waals surface area (Å²) >= 11 is 0. The number of hydrogen-bond acceptors (Lipinski definition) is 4. The van der Waals surface area contributed by atoms with Gasteiger partial charge in [-0.05, 0) is 36.4 Å². The van der Waals surface area contributed by atoms with Gasteiger partial charge in [0.1, 0.15) is 5.75 Å². The fourth-order valence-electron chi connectivity index (χ4n) is 1.95. The Balaban J connectivity index is 1.96. The molecular weight excluding hydrogens is 339 g/mol. The minimum Gasteiger partial charge on any atom is -0.484 e. The molecule has 0 atom stereocenters. The predicted molar refractivity (Wildman–Crippen MR) is 83.4 cm³/mol. The zero-order valence-corrected chi connectivity index (χ0v) is 13.1. The summed E-state index contributed by atoms with van der Waals surface area (Å²) in [6.45, 7) is -0.482. The van der Waals surface area contributed by atoms with Crippen molar-refractivity contribution in [3.63, 3.8) is 0 Å². The van der Waals surface area contributed by atoms with Crippen LogP contribution >= 0.6 is 0 Å². The molecule has 1 N–H and O–H groups in total. The van der Waals surface area contributed by atoms with Gasteiger partial charge < -0.3 is 14.8 Å². The van der Waals surface area contributed by atoms with Crippen molar-refractivity contribution in [2.45, 2.75) is 6.18 Å². The van der Waals surface area contributed by atoms with Crippen molar-refractivity contribution in [3.05, 3.63) is 59.7 Å². The summed E-state index contributed by atoms with van der Waals surface area (Å²) in [5.41, 5.74) is -0.282. The number of halogens is 3. The summed E-state index contributed by atoms with van der Waals surface area (Å²) < 4.78 is 47.5. The molecule has 132 valence electrons. The molecule has 0 aliphatic rings. The van der Waals surface area contributed by atoms with Crippen LogP contribution in [0.1, 0.15) is 15.9 Å². The fourth-order valence-corrected chi connectivity index (χ4v) is 1.95. The van der Waals surface area contributed by atoms with Gasteiger partial charge in [-0.15, -0.1) is 0 Å². The Morgan fingerprint density at radius 1 is 1.08 bits per heavy atom. The Morgan fingerprint density at radius 3 is 2.48 bits per heavy atom. The molecule has 2 aromatic rings. The third-order valence-electron chi connectivity index (χ3n) is 3.10. The Labute approximate surface area is 141 Å². The van der Waals surface area contributed by atoms with E-state index in [1.54, 1.807) is 12.1 Å². The van der Waals surface area contributed by atoms with Gasteiger partial charge in [0.05, 0.1) is 18.2 Å². The molecule has 1 amide bonds. The van der Waals surface area contributed by atoms with E-state index in [0.717, 1.165) is 12.1 Å². The van der Waals surface area contributed by atoms with Crippen LogP contribution in [-0.2, 0) is 15.7 Å². The molecule has 8 heteroatoms. The second-order valence-electron chi connectivity index (χ2n) is 4.93. The van der Waals surface area contributed by atoms with Crippen molar-refractivity contribution in [3.8, 4) is 5.75 Å². The fraction of sp³-hybridized carbons (Fsp3) is 0.176. The molecule has 2 aromatic carbocycles. The highest BCUT2D eigenvalue weighted by molar-refractivity contribution is 5.95. The second kappa shape index (κ2) is 7.69. The molecule has 0 aliphatic carbocycles. The quantitative estimate of drug-likeness (QED) is 0.836. The maximum absolute atomic E-state index is 12.6. The first-order valence-corrected chi connectivity index (χ1v) is 7.08. The number of carbonyl (C=O) groups is 2. The molecule has 0 saturated carbocycles. The number of ether oxygens (including phenoxy) is 2. The molecular formula is C17H14F3NO4. The third kappa shape index (κ3) is 5.23. The number of rotatable bonds is 5. The van der Waals surface area contributed by atoms with Gasteiger partial charge in [-0.1, -0.05) is 12.1 Å². The van der Waals surface area contributed by atoms with Crippen LogP contribution in [0.5, 0.6) is 5.75 Å². The summed E-state index contributed by atoms with van der Waals surface area (Å²) in [7, 11) is 1.23.